The number of allylic oxidation sites excluding steroid dienone is 14. The van der Waals surface area contributed by atoms with Crippen LogP contribution in [0.25, 0.3) is 34.2 Å². The summed E-state index contributed by atoms with van der Waals surface area (Å²) in [7, 11) is 0. The Bertz CT molecular complexity index is 3500. The van der Waals surface area contributed by atoms with E-state index in [-0.39, 0.29) is 18.1 Å². The lowest BCUT2D eigenvalue weighted by Crippen LogP contribution is -2.41. The molecule has 0 amide bonds. The number of fused-ring (bicyclic) bond motifs is 8. The normalized spacial score (nSPS) is 22.5. The van der Waals surface area contributed by atoms with Gasteiger partial charge in [-0.15, -0.1) is 0 Å². The summed E-state index contributed by atoms with van der Waals surface area (Å²) in [4.78, 5) is 8.01. The van der Waals surface area contributed by atoms with Crippen molar-refractivity contribution in [2.45, 2.75) is 82.3 Å². The van der Waals surface area contributed by atoms with Crippen LogP contribution in [0.4, 0.5) is 17.1 Å². The molecule has 7 aliphatic carbocycles. The predicted octanol–water partition coefficient (Wildman–Crippen LogP) is 16.3. The average molecular weight is 933 g/mol. The SMILES string of the molecule is C1=CC(N(C2=CCC3C(=C2)c2ccccc2N3c2ccccc2)C2=CC=C(C3=CC=C(N(c4cccc5ccccc45)C4C=Cc5c(c6c(n5-c5ccccc5)CCC=C6)C4)CC3)CC2)C2CCC=CC2=C1. The first-order valence-electron chi connectivity index (χ1n) is 26.7. The summed E-state index contributed by atoms with van der Waals surface area (Å²) >= 11 is 0. The van der Waals surface area contributed by atoms with Gasteiger partial charge in [-0.05, 0) is 164 Å². The van der Waals surface area contributed by atoms with Crippen molar-refractivity contribution in [2.75, 3.05) is 9.80 Å². The summed E-state index contributed by atoms with van der Waals surface area (Å²) in [5, 5.41) is 2.59. The molecule has 0 saturated carbocycles. The van der Waals surface area contributed by atoms with Gasteiger partial charge in [0.05, 0.1) is 18.1 Å². The number of benzene rings is 5. The van der Waals surface area contributed by atoms with E-state index in [1.54, 1.807) is 0 Å². The Kier molecular flexibility index (Phi) is 10.8. The number of hydrogen-bond donors (Lipinski definition) is 0. The third-order valence-corrected chi connectivity index (χ3v) is 16.8. The Morgan fingerprint density at radius 2 is 1.32 bits per heavy atom. The van der Waals surface area contributed by atoms with Crippen molar-refractivity contribution in [3.63, 3.8) is 0 Å². The largest absolute Gasteiger partial charge is 0.338 e. The molecule has 0 saturated heterocycles. The maximum Gasteiger partial charge on any atom is 0.0634 e. The summed E-state index contributed by atoms with van der Waals surface area (Å²) in [6, 6.07) is 47.5. The molecule has 0 spiro atoms. The molecule has 4 unspecified atom stereocenters. The Hall–Kier alpha value is -7.82. The van der Waals surface area contributed by atoms with Gasteiger partial charge >= 0.3 is 0 Å². The first-order chi connectivity index (χ1) is 35.7. The number of hydrogen-bond acceptors (Lipinski definition) is 3. The number of rotatable bonds is 9. The van der Waals surface area contributed by atoms with Crippen LogP contribution in [0.1, 0.15) is 79.4 Å². The maximum absolute atomic E-state index is 2.75. The zero-order valence-electron chi connectivity index (χ0n) is 41.0. The minimum Gasteiger partial charge on any atom is -0.338 e. The van der Waals surface area contributed by atoms with Crippen molar-refractivity contribution in [3.8, 4) is 5.69 Å². The molecule has 0 radical (unpaired) electrons. The van der Waals surface area contributed by atoms with E-state index in [1.807, 2.05) is 0 Å². The predicted molar refractivity (Wildman–Crippen MR) is 301 cm³/mol. The van der Waals surface area contributed by atoms with E-state index in [9.17, 15) is 0 Å². The first kappa shape index (κ1) is 43.0. The summed E-state index contributed by atoms with van der Waals surface area (Å²) in [5.74, 6) is 0.463. The van der Waals surface area contributed by atoms with E-state index in [2.05, 4.69) is 238 Å². The molecular weight excluding hydrogens is 873 g/mol. The first-order valence-corrected chi connectivity index (χ1v) is 26.7. The smallest absolute Gasteiger partial charge is 0.0634 e. The van der Waals surface area contributed by atoms with Gasteiger partial charge in [-0.25, -0.2) is 0 Å². The van der Waals surface area contributed by atoms with Gasteiger partial charge in [0.15, 0.2) is 0 Å². The van der Waals surface area contributed by atoms with Gasteiger partial charge in [0.25, 0.3) is 0 Å². The van der Waals surface area contributed by atoms with Crippen LogP contribution in [-0.2, 0) is 12.8 Å². The summed E-state index contributed by atoms with van der Waals surface area (Å²) in [5.41, 5.74) is 22.2. The van der Waals surface area contributed by atoms with Crippen LogP contribution >= 0.6 is 0 Å². The molecule has 6 aromatic rings. The van der Waals surface area contributed by atoms with Crippen molar-refractivity contribution in [3.05, 3.63) is 268 Å². The molecule has 14 rings (SSSR count). The van der Waals surface area contributed by atoms with Crippen LogP contribution in [-0.4, -0.2) is 27.6 Å². The third kappa shape index (κ3) is 7.33. The lowest BCUT2D eigenvalue weighted by Gasteiger charge is -2.43. The second kappa shape index (κ2) is 18.1. The number of para-hydroxylation sites is 3. The zero-order chi connectivity index (χ0) is 47.5. The Labute approximate surface area is 425 Å². The summed E-state index contributed by atoms with van der Waals surface area (Å²) in [6.45, 7) is 0. The van der Waals surface area contributed by atoms with Crippen LogP contribution in [0.2, 0.25) is 0 Å². The van der Waals surface area contributed by atoms with Crippen LogP contribution in [0.5, 0.6) is 0 Å². The monoisotopic (exact) mass is 932 g/mol. The highest BCUT2D eigenvalue weighted by Crippen LogP contribution is 2.50. The molecule has 2 heterocycles. The molecule has 0 bridgehead atoms. The second-order valence-corrected chi connectivity index (χ2v) is 20.7. The molecule has 1 aromatic heterocycles. The van der Waals surface area contributed by atoms with E-state index in [0.717, 1.165) is 57.8 Å². The van der Waals surface area contributed by atoms with Gasteiger partial charge in [0.2, 0.25) is 0 Å². The third-order valence-electron chi connectivity index (χ3n) is 16.8. The van der Waals surface area contributed by atoms with Crippen molar-refractivity contribution in [1.29, 1.82) is 0 Å². The van der Waals surface area contributed by atoms with Gasteiger partial charge < -0.3 is 19.3 Å². The number of anilines is 3. The fraction of sp³-hybridized carbons (Fsp3) is 0.206. The molecule has 4 nitrogen and oxygen atoms in total. The lowest BCUT2D eigenvalue weighted by atomic mass is 9.78. The highest BCUT2D eigenvalue weighted by molar-refractivity contribution is 5.96. The Morgan fingerprint density at radius 3 is 2.14 bits per heavy atom. The number of aromatic nitrogens is 1. The minimum absolute atomic E-state index is 0.184. The Balaban J connectivity index is 0.805. The van der Waals surface area contributed by atoms with E-state index in [4.69, 9.17) is 0 Å². The molecule has 352 valence electrons. The standard InChI is InChI=1S/C68H60N4/c1-3-21-51(22-4-1)71-65-29-13-11-27-59(65)61-45-55(41-43-67(61)71)69(63-31-15-19-49-17-7-9-25-57(49)63)53-37-33-47(34-38-53)48-35-39-54(40-36-48)70(64-32-16-20-50-18-8-10-26-58(50)64)56-42-44-68-62(46-56)60-28-12-14-30-66(60)72(68)52-23-5-2-6-24-52/h1-9,11-12,14-25,27-28,30-33,35,37,39,41-43,46,55,58,64,68H,10,13,26,29,34,36,38,40,44-45H2. The van der Waals surface area contributed by atoms with Crippen molar-refractivity contribution in [1.82, 2.24) is 9.47 Å². The van der Waals surface area contributed by atoms with E-state index in [0.29, 0.717) is 5.92 Å². The molecule has 72 heavy (non-hydrogen) atoms. The van der Waals surface area contributed by atoms with Gasteiger partial charge in [-0.3, -0.25) is 0 Å². The van der Waals surface area contributed by atoms with E-state index < -0.39 is 0 Å². The molecular formula is C68H60N4. The van der Waals surface area contributed by atoms with Crippen LogP contribution < -0.4 is 9.80 Å². The quantitative estimate of drug-likeness (QED) is 0.144. The van der Waals surface area contributed by atoms with Gasteiger partial charge in [0, 0.05) is 68.1 Å². The maximum atomic E-state index is 2.75. The average Bonchev–Trinajstić information content (AvgIpc) is 3.96. The van der Waals surface area contributed by atoms with Gasteiger partial charge in [0.1, 0.15) is 0 Å². The highest BCUT2D eigenvalue weighted by atomic mass is 15.2. The van der Waals surface area contributed by atoms with E-state index in [1.165, 1.54) is 107 Å². The van der Waals surface area contributed by atoms with Crippen molar-refractivity contribution < 1.29 is 0 Å². The highest BCUT2D eigenvalue weighted by Gasteiger charge is 2.40. The van der Waals surface area contributed by atoms with Crippen LogP contribution in [0.3, 0.4) is 0 Å². The van der Waals surface area contributed by atoms with Crippen molar-refractivity contribution >= 4 is 45.6 Å². The van der Waals surface area contributed by atoms with E-state index >= 15 is 0 Å². The summed E-state index contributed by atoms with van der Waals surface area (Å²) in [6.07, 6.45) is 47.1. The van der Waals surface area contributed by atoms with Crippen LogP contribution in [0.15, 0.2) is 240 Å². The fourth-order valence-electron chi connectivity index (χ4n) is 13.5. The topological polar surface area (TPSA) is 14.7 Å². The fourth-order valence-corrected chi connectivity index (χ4v) is 13.5. The van der Waals surface area contributed by atoms with Gasteiger partial charge in [-0.1, -0.05) is 158 Å². The zero-order valence-corrected chi connectivity index (χ0v) is 41.0. The minimum atomic E-state index is 0.184. The molecule has 0 fully saturated rings. The molecule has 8 aliphatic rings. The van der Waals surface area contributed by atoms with Crippen molar-refractivity contribution in [2.24, 2.45) is 5.92 Å². The molecule has 4 atom stereocenters. The lowest BCUT2D eigenvalue weighted by molar-refractivity contribution is 0.279. The molecule has 0 N–H and O–H groups in total. The molecule has 1 aliphatic heterocycles. The Morgan fingerprint density at radius 1 is 0.583 bits per heavy atom. The molecule has 4 heteroatoms. The molecule has 5 aromatic carbocycles. The van der Waals surface area contributed by atoms with Crippen LogP contribution in [0, 0.1) is 5.92 Å². The number of nitrogens with zero attached hydrogens (tertiary/aromatic N) is 4. The van der Waals surface area contributed by atoms with Gasteiger partial charge in [-0.2, -0.15) is 0 Å². The summed E-state index contributed by atoms with van der Waals surface area (Å²) < 4.78 is 2.54. The second-order valence-electron chi connectivity index (χ2n) is 20.7.